The van der Waals surface area contributed by atoms with Gasteiger partial charge in [-0.2, -0.15) is 5.26 Å². The van der Waals surface area contributed by atoms with Crippen molar-refractivity contribution >= 4 is 11.6 Å². The minimum atomic E-state index is 0.280. The Labute approximate surface area is 48.2 Å². The minimum absolute atomic E-state index is 0.280. The van der Waals surface area contributed by atoms with Crippen LogP contribution in [-0.4, -0.2) is 0 Å². The second kappa shape index (κ2) is 3.70. The molecule has 2 heteroatoms. The van der Waals surface area contributed by atoms with Gasteiger partial charge >= 0.3 is 0 Å². The molecule has 0 rings (SSSR count). The van der Waals surface area contributed by atoms with Gasteiger partial charge in [-0.05, 0) is 6.42 Å². The van der Waals surface area contributed by atoms with Crippen LogP contribution in [0.15, 0.2) is 11.1 Å². The number of hydrogen-bond acceptors (Lipinski definition) is 1. The Bertz CT molecular complexity index is 110. The summed E-state index contributed by atoms with van der Waals surface area (Å²) in [5.74, 6) is 0. The number of nitriles is 1. The van der Waals surface area contributed by atoms with Crippen molar-refractivity contribution in [2.24, 2.45) is 0 Å². The summed E-state index contributed by atoms with van der Waals surface area (Å²) in [6, 6.07) is 1.79. The van der Waals surface area contributed by atoms with E-state index in [1.54, 1.807) is 12.1 Å². The highest BCUT2D eigenvalue weighted by atomic mass is 35.5. The van der Waals surface area contributed by atoms with Crippen LogP contribution in [0.5, 0.6) is 0 Å². The van der Waals surface area contributed by atoms with Crippen molar-refractivity contribution in [3.8, 4) is 6.07 Å². The lowest BCUT2D eigenvalue weighted by Gasteiger charge is -1.74. The third-order valence-electron chi connectivity index (χ3n) is 0.490. The molecule has 0 bridgehead atoms. The highest BCUT2D eigenvalue weighted by Gasteiger charge is 1.79. The Morgan fingerprint density at radius 2 is 2.57 bits per heavy atom. The molecule has 38 valence electrons. The van der Waals surface area contributed by atoms with Crippen LogP contribution in [-0.2, 0) is 0 Å². The fraction of sp³-hybridized carbons (Fsp3) is 0.400. The summed E-state index contributed by atoms with van der Waals surface area (Å²) in [6.45, 7) is 1.93. The van der Waals surface area contributed by atoms with E-state index in [-0.39, 0.29) is 5.03 Å². The first-order valence-corrected chi connectivity index (χ1v) is 2.44. The quantitative estimate of drug-likeness (QED) is 0.480. The molecular weight excluding hydrogens is 110 g/mol. The van der Waals surface area contributed by atoms with Crippen molar-refractivity contribution in [2.75, 3.05) is 0 Å². The second-order valence-electron chi connectivity index (χ2n) is 1.07. The third-order valence-corrected chi connectivity index (χ3v) is 0.729. The molecule has 0 aliphatic carbocycles. The van der Waals surface area contributed by atoms with E-state index >= 15 is 0 Å². The maximum absolute atomic E-state index is 8.02. The van der Waals surface area contributed by atoms with E-state index < -0.39 is 0 Å². The first-order valence-electron chi connectivity index (χ1n) is 2.07. The van der Waals surface area contributed by atoms with Crippen molar-refractivity contribution in [2.45, 2.75) is 13.3 Å². The van der Waals surface area contributed by atoms with Gasteiger partial charge in [-0.3, -0.25) is 0 Å². The number of rotatable bonds is 1. The zero-order valence-electron chi connectivity index (χ0n) is 4.11. The normalized spacial score (nSPS) is 10.7. The molecule has 0 N–H and O–H groups in total. The summed E-state index contributed by atoms with van der Waals surface area (Å²) in [5, 5.41) is 8.30. The second-order valence-corrected chi connectivity index (χ2v) is 1.48. The van der Waals surface area contributed by atoms with Crippen molar-refractivity contribution in [1.29, 1.82) is 5.26 Å². The van der Waals surface area contributed by atoms with Crippen molar-refractivity contribution < 1.29 is 0 Å². The van der Waals surface area contributed by atoms with E-state index in [0.717, 1.165) is 6.42 Å². The summed E-state index contributed by atoms with van der Waals surface area (Å²) in [4.78, 5) is 0. The molecule has 0 aliphatic heterocycles. The van der Waals surface area contributed by atoms with Gasteiger partial charge in [0.15, 0.2) is 0 Å². The van der Waals surface area contributed by atoms with Gasteiger partial charge in [0, 0.05) is 0 Å². The first-order chi connectivity index (χ1) is 3.31. The molecule has 0 saturated heterocycles. The maximum Gasteiger partial charge on any atom is 0.114 e. The number of nitrogens with zero attached hydrogens (tertiary/aromatic N) is 1. The van der Waals surface area contributed by atoms with Gasteiger partial charge in [-0.1, -0.05) is 24.6 Å². The zero-order chi connectivity index (χ0) is 5.70. The minimum Gasteiger partial charge on any atom is -0.191 e. The fourth-order valence-corrected chi connectivity index (χ4v) is 0.379. The Morgan fingerprint density at radius 3 is 2.71 bits per heavy atom. The van der Waals surface area contributed by atoms with Gasteiger partial charge in [0.05, 0.1) is 0 Å². The van der Waals surface area contributed by atoms with Crippen molar-refractivity contribution in [3.05, 3.63) is 11.1 Å². The average molecular weight is 116 g/mol. The molecule has 0 atom stereocenters. The van der Waals surface area contributed by atoms with Crippen LogP contribution in [0.1, 0.15) is 13.3 Å². The number of allylic oxidation sites excluding steroid dienone is 2. The fourth-order valence-electron chi connectivity index (χ4n) is 0.225. The molecule has 0 unspecified atom stereocenters. The smallest absolute Gasteiger partial charge is 0.114 e. The molecule has 0 aliphatic rings. The molecule has 0 saturated carbocycles. The predicted octanol–water partition coefficient (Wildman–Crippen LogP) is 2.04. The summed E-state index contributed by atoms with van der Waals surface area (Å²) >= 11 is 5.27. The maximum atomic E-state index is 8.02. The molecule has 0 amide bonds. The highest BCUT2D eigenvalue weighted by molar-refractivity contribution is 6.31. The number of hydrogen-bond donors (Lipinski definition) is 0. The first kappa shape index (κ1) is 6.52. The largest absolute Gasteiger partial charge is 0.191 e. The van der Waals surface area contributed by atoms with Gasteiger partial charge < -0.3 is 0 Å². The molecular formula is C5H6ClN. The Kier molecular flexibility index (Phi) is 3.45. The van der Waals surface area contributed by atoms with Crippen LogP contribution in [0.2, 0.25) is 0 Å². The molecule has 0 spiro atoms. The van der Waals surface area contributed by atoms with E-state index in [9.17, 15) is 0 Å². The topological polar surface area (TPSA) is 23.8 Å². The molecule has 1 nitrogen and oxygen atoms in total. The Hall–Kier alpha value is -0.480. The van der Waals surface area contributed by atoms with Gasteiger partial charge in [0.1, 0.15) is 11.1 Å². The van der Waals surface area contributed by atoms with E-state index in [0.29, 0.717) is 0 Å². The van der Waals surface area contributed by atoms with Crippen molar-refractivity contribution in [3.63, 3.8) is 0 Å². The SMILES string of the molecule is CCC=C(Cl)C#N. The van der Waals surface area contributed by atoms with Gasteiger partial charge in [-0.25, -0.2) is 0 Å². The molecule has 0 fully saturated rings. The summed E-state index contributed by atoms with van der Waals surface area (Å²) in [7, 11) is 0. The van der Waals surface area contributed by atoms with E-state index in [2.05, 4.69) is 0 Å². The van der Waals surface area contributed by atoms with Gasteiger partial charge in [0.2, 0.25) is 0 Å². The molecule has 0 radical (unpaired) electrons. The predicted molar refractivity (Wildman–Crippen MR) is 29.8 cm³/mol. The molecule has 0 aromatic heterocycles. The van der Waals surface area contributed by atoms with Crippen LogP contribution < -0.4 is 0 Å². The van der Waals surface area contributed by atoms with Crippen molar-refractivity contribution in [1.82, 2.24) is 0 Å². The molecule has 0 aromatic rings. The molecule has 0 aromatic carbocycles. The monoisotopic (exact) mass is 115 g/mol. The lowest BCUT2D eigenvalue weighted by molar-refractivity contribution is 1.22. The van der Waals surface area contributed by atoms with E-state index in [1.807, 2.05) is 6.92 Å². The molecule has 0 heterocycles. The van der Waals surface area contributed by atoms with Crippen LogP contribution in [0, 0.1) is 11.3 Å². The Morgan fingerprint density at radius 1 is 2.00 bits per heavy atom. The van der Waals surface area contributed by atoms with E-state index in [1.165, 1.54) is 0 Å². The summed E-state index contributed by atoms with van der Waals surface area (Å²) in [5.41, 5.74) is 0. The highest BCUT2D eigenvalue weighted by Crippen LogP contribution is 1.98. The van der Waals surface area contributed by atoms with Crippen LogP contribution in [0.3, 0.4) is 0 Å². The Balaban J connectivity index is 3.57. The summed E-state index contributed by atoms with van der Waals surface area (Å²) in [6.07, 6.45) is 2.49. The summed E-state index contributed by atoms with van der Waals surface area (Å²) < 4.78 is 0. The van der Waals surface area contributed by atoms with Crippen LogP contribution in [0.4, 0.5) is 0 Å². The van der Waals surface area contributed by atoms with Gasteiger partial charge in [0.25, 0.3) is 0 Å². The van der Waals surface area contributed by atoms with Gasteiger partial charge in [-0.15, -0.1) is 0 Å². The average Bonchev–Trinajstić information content (AvgIpc) is 1.68. The lowest BCUT2D eigenvalue weighted by Crippen LogP contribution is -1.58. The van der Waals surface area contributed by atoms with E-state index in [4.69, 9.17) is 16.9 Å². The third kappa shape index (κ3) is 3.35. The zero-order valence-corrected chi connectivity index (χ0v) is 4.87. The lowest BCUT2D eigenvalue weighted by atomic mass is 10.4. The molecule has 7 heavy (non-hydrogen) atoms. The standard InChI is InChI=1S/C5H6ClN/c1-2-3-5(6)4-7/h3H,2H2,1H3. The van der Waals surface area contributed by atoms with Crippen LogP contribution >= 0.6 is 11.6 Å². The van der Waals surface area contributed by atoms with Crippen LogP contribution in [0.25, 0.3) is 0 Å². The number of halogens is 1.